The Bertz CT molecular complexity index is 965. The molecule has 0 aromatic heterocycles. The molecule has 220 valence electrons. The van der Waals surface area contributed by atoms with Crippen LogP contribution < -0.4 is 21.3 Å². The van der Waals surface area contributed by atoms with Crippen molar-refractivity contribution >= 4 is 31.2 Å². The lowest BCUT2D eigenvalue weighted by Crippen LogP contribution is -2.52. The van der Waals surface area contributed by atoms with E-state index in [4.69, 9.17) is 28.3 Å². The fraction of sp³-hybridized carbons (Fsp3) is 0.643. The van der Waals surface area contributed by atoms with Crippen LogP contribution in [0.15, 0.2) is 0 Å². The first-order valence-electron chi connectivity index (χ1n) is 13.2. The van der Waals surface area contributed by atoms with Crippen LogP contribution in [-0.4, -0.2) is 68.7 Å². The van der Waals surface area contributed by atoms with Crippen molar-refractivity contribution in [1.29, 1.82) is 0 Å². The van der Waals surface area contributed by atoms with Gasteiger partial charge in [0.1, 0.15) is 0 Å². The molecule has 1 unspecified atom stereocenters. The number of amides is 4. The van der Waals surface area contributed by atoms with E-state index in [-0.39, 0.29) is 93.8 Å². The maximum absolute atomic E-state index is 13.5. The Labute approximate surface area is 237 Å². The molecule has 4 N–H and O–H groups in total. The summed E-state index contributed by atoms with van der Waals surface area (Å²) in [6.45, 7) is 1.57. The Morgan fingerprint density at radius 2 is 1.20 bits per heavy atom. The van der Waals surface area contributed by atoms with Gasteiger partial charge in [-0.2, -0.15) is 0 Å². The van der Waals surface area contributed by atoms with Crippen LogP contribution in [0.2, 0.25) is 0 Å². The normalized spacial score (nSPS) is 18.1. The molecule has 1 aliphatic carbocycles. The molecule has 12 heteroatoms. The van der Waals surface area contributed by atoms with E-state index >= 15 is 0 Å². The fourth-order valence-electron chi connectivity index (χ4n) is 4.44. The van der Waals surface area contributed by atoms with E-state index in [0.717, 1.165) is 0 Å². The van der Waals surface area contributed by atoms with Crippen molar-refractivity contribution < 1.29 is 32.8 Å². The van der Waals surface area contributed by atoms with Crippen molar-refractivity contribution in [3.63, 3.8) is 0 Å². The van der Waals surface area contributed by atoms with Crippen LogP contribution in [0.4, 0.5) is 0 Å². The summed E-state index contributed by atoms with van der Waals surface area (Å²) in [6, 6.07) is 0. The number of nitrogens with one attached hydrogen (secondary N) is 4. The summed E-state index contributed by atoms with van der Waals surface area (Å²) < 4.78 is 22.7. The van der Waals surface area contributed by atoms with Gasteiger partial charge in [-0.1, -0.05) is 17.8 Å². The molecule has 0 aromatic carbocycles. The highest BCUT2D eigenvalue weighted by Gasteiger charge is 2.37. The highest BCUT2D eigenvalue weighted by Crippen LogP contribution is 2.46. The molecule has 1 saturated carbocycles. The van der Waals surface area contributed by atoms with Crippen molar-refractivity contribution in [3.05, 3.63) is 0 Å². The monoisotopic (exact) mass is 576 g/mol. The summed E-state index contributed by atoms with van der Waals surface area (Å²) in [5.41, 5.74) is -1.05. The van der Waals surface area contributed by atoms with Gasteiger partial charge in [0.05, 0.1) is 25.7 Å². The third-order valence-electron chi connectivity index (χ3n) is 6.76. The van der Waals surface area contributed by atoms with Gasteiger partial charge in [0, 0.05) is 44.5 Å². The average molecular weight is 577 g/mol. The first kappa shape index (κ1) is 34.7. The van der Waals surface area contributed by atoms with Crippen molar-refractivity contribution in [2.24, 2.45) is 5.92 Å². The van der Waals surface area contributed by atoms with Gasteiger partial charge in [0.15, 0.2) is 0 Å². The zero-order valence-corrected chi connectivity index (χ0v) is 24.3. The van der Waals surface area contributed by atoms with Crippen LogP contribution in [-0.2, 0) is 32.8 Å². The highest BCUT2D eigenvalue weighted by molar-refractivity contribution is 7.52. The van der Waals surface area contributed by atoms with Crippen molar-refractivity contribution in [3.8, 4) is 37.0 Å². The molecular formula is C28H41N4O7P. The predicted molar refractivity (Wildman–Crippen MR) is 151 cm³/mol. The lowest BCUT2D eigenvalue weighted by molar-refractivity contribution is -0.131. The molecule has 4 amide bonds. The zero-order chi connectivity index (χ0) is 30.0. The molecule has 0 spiro atoms. The van der Waals surface area contributed by atoms with Gasteiger partial charge in [-0.25, -0.2) is 0 Å². The molecule has 0 radical (unpaired) electrons. The summed E-state index contributed by atoms with van der Waals surface area (Å²) in [4.78, 5) is 50.7. The first-order chi connectivity index (χ1) is 19.0. The summed E-state index contributed by atoms with van der Waals surface area (Å²) in [5, 5.41) is 10.9. The number of hydrogen-bond donors (Lipinski definition) is 4. The second kappa shape index (κ2) is 18.1. The molecular weight excluding hydrogens is 535 g/mol. The number of carbonyl (C=O) groups excluding carboxylic acids is 4. The number of carbonyl (C=O) groups is 4. The first-order valence-corrected chi connectivity index (χ1v) is 15.2. The molecule has 0 aromatic rings. The Kier molecular flexibility index (Phi) is 15.7. The zero-order valence-electron chi connectivity index (χ0n) is 23.4. The van der Waals surface area contributed by atoms with Gasteiger partial charge in [0.25, 0.3) is 0 Å². The van der Waals surface area contributed by atoms with E-state index < -0.39 is 13.1 Å². The number of rotatable bonds is 17. The van der Waals surface area contributed by atoms with Crippen LogP contribution >= 0.6 is 7.60 Å². The van der Waals surface area contributed by atoms with Gasteiger partial charge in [-0.05, 0) is 44.9 Å². The Morgan fingerprint density at radius 1 is 0.800 bits per heavy atom. The molecule has 11 nitrogen and oxygen atoms in total. The minimum absolute atomic E-state index is 0.0172. The SMILES string of the molecule is C#CCNC(=O)CCC(CCC(=O)NCC#C)(CCC(=O)NCC#C)NC(=O)[C@H]1CC[C@H](OP(C)(=O)OC)CC1. The van der Waals surface area contributed by atoms with Gasteiger partial charge in [0.2, 0.25) is 23.6 Å². The summed E-state index contributed by atoms with van der Waals surface area (Å²) >= 11 is 0. The van der Waals surface area contributed by atoms with Crippen LogP contribution in [0.25, 0.3) is 0 Å². The summed E-state index contributed by atoms with van der Waals surface area (Å²) in [6.07, 6.45) is 18.0. The second-order valence-corrected chi connectivity index (χ2v) is 11.9. The van der Waals surface area contributed by atoms with E-state index in [1.165, 1.54) is 13.8 Å². The number of hydrogen-bond acceptors (Lipinski definition) is 7. The Morgan fingerprint density at radius 3 is 1.55 bits per heavy atom. The predicted octanol–water partition coefficient (Wildman–Crippen LogP) is 1.47. The van der Waals surface area contributed by atoms with Crippen LogP contribution in [0.3, 0.4) is 0 Å². The van der Waals surface area contributed by atoms with Crippen LogP contribution in [0.5, 0.6) is 0 Å². The quantitative estimate of drug-likeness (QED) is 0.151. The molecule has 1 fully saturated rings. The third kappa shape index (κ3) is 13.7. The third-order valence-corrected chi connectivity index (χ3v) is 8.10. The van der Waals surface area contributed by atoms with Gasteiger partial charge < -0.3 is 30.3 Å². The van der Waals surface area contributed by atoms with Crippen molar-refractivity contribution in [2.75, 3.05) is 33.4 Å². The minimum Gasteiger partial charge on any atom is -0.350 e. The summed E-state index contributed by atoms with van der Waals surface area (Å²) in [5.74, 6) is 5.45. The van der Waals surface area contributed by atoms with Crippen LogP contribution in [0, 0.1) is 42.9 Å². The van der Waals surface area contributed by atoms with E-state index in [2.05, 4.69) is 39.0 Å². The number of terminal acetylenes is 3. The van der Waals surface area contributed by atoms with E-state index in [1.807, 2.05) is 0 Å². The second-order valence-electron chi connectivity index (χ2n) is 9.75. The molecule has 1 atom stereocenters. The van der Waals surface area contributed by atoms with Crippen LogP contribution in [0.1, 0.15) is 64.2 Å². The van der Waals surface area contributed by atoms with E-state index in [9.17, 15) is 23.7 Å². The average Bonchev–Trinajstić information content (AvgIpc) is 2.94. The molecule has 0 saturated heterocycles. The summed E-state index contributed by atoms with van der Waals surface area (Å²) in [7, 11) is -1.83. The lowest BCUT2D eigenvalue weighted by atomic mass is 9.81. The maximum Gasteiger partial charge on any atom is 0.327 e. The molecule has 0 aliphatic heterocycles. The lowest BCUT2D eigenvalue weighted by Gasteiger charge is -2.37. The molecule has 40 heavy (non-hydrogen) atoms. The van der Waals surface area contributed by atoms with Crippen molar-refractivity contribution in [2.45, 2.75) is 75.9 Å². The van der Waals surface area contributed by atoms with Gasteiger partial charge >= 0.3 is 7.60 Å². The smallest absolute Gasteiger partial charge is 0.327 e. The molecule has 1 rings (SSSR count). The van der Waals surface area contributed by atoms with E-state index in [0.29, 0.717) is 25.7 Å². The molecule has 0 bridgehead atoms. The molecule has 0 heterocycles. The van der Waals surface area contributed by atoms with Crippen molar-refractivity contribution in [1.82, 2.24) is 21.3 Å². The van der Waals surface area contributed by atoms with E-state index in [1.54, 1.807) is 0 Å². The largest absolute Gasteiger partial charge is 0.350 e. The minimum atomic E-state index is -3.15. The van der Waals surface area contributed by atoms with Gasteiger partial charge in [-0.15, -0.1) is 19.3 Å². The topological polar surface area (TPSA) is 152 Å². The van der Waals surface area contributed by atoms with Gasteiger partial charge in [-0.3, -0.25) is 23.7 Å². The Hall–Kier alpha value is -3.29. The Balaban J connectivity index is 3.09. The fourth-order valence-corrected chi connectivity index (χ4v) is 5.28. The highest BCUT2D eigenvalue weighted by atomic mass is 31.2. The standard InChI is InChI=1S/C28H41N4O7P/c1-6-19-29-24(33)13-16-28(17-14-25(34)30-20-7-2,18-15-26(35)31-21-8-3)32-27(36)22-9-11-23(12-10-22)39-40(5,37)38-4/h1-3,22-23H,9-21H2,4-5H3,(H,29,33)(H,30,34)(H,31,35)(H,32,36)/t22-,23-,40?. The molecule has 1 aliphatic rings. The maximum atomic E-state index is 13.5.